The lowest BCUT2D eigenvalue weighted by Gasteiger charge is -2.14. The topological polar surface area (TPSA) is 21.3 Å². The quantitative estimate of drug-likeness (QED) is 0.664. The van der Waals surface area contributed by atoms with E-state index >= 15 is 0 Å². The lowest BCUT2D eigenvalue weighted by atomic mass is 10.1. The highest BCUT2D eigenvalue weighted by atomic mass is 16.5. The van der Waals surface area contributed by atoms with Crippen LogP contribution in [0.25, 0.3) is 0 Å². The summed E-state index contributed by atoms with van der Waals surface area (Å²) in [6, 6.07) is 6.95. The summed E-state index contributed by atoms with van der Waals surface area (Å²) in [6.45, 7) is 10.4. The lowest BCUT2D eigenvalue weighted by Crippen LogP contribution is -2.22. The molecule has 0 heterocycles. The van der Waals surface area contributed by atoms with Gasteiger partial charge in [-0.1, -0.05) is 57.7 Å². The Morgan fingerprint density at radius 1 is 1.16 bits per heavy atom. The summed E-state index contributed by atoms with van der Waals surface area (Å²) >= 11 is 0. The first-order chi connectivity index (χ1) is 9.13. The molecule has 0 radical (unpaired) electrons. The van der Waals surface area contributed by atoms with Crippen molar-refractivity contribution in [2.75, 3.05) is 6.61 Å². The summed E-state index contributed by atoms with van der Waals surface area (Å²) in [4.78, 5) is 0. The maximum atomic E-state index is 5.93. The van der Waals surface area contributed by atoms with Gasteiger partial charge in [-0.15, -0.1) is 0 Å². The van der Waals surface area contributed by atoms with Gasteiger partial charge in [0.05, 0.1) is 6.61 Å². The molecule has 2 nitrogen and oxygen atoms in total. The van der Waals surface area contributed by atoms with Crippen molar-refractivity contribution in [1.82, 2.24) is 5.32 Å². The van der Waals surface area contributed by atoms with Crippen LogP contribution in [0.1, 0.15) is 57.6 Å². The van der Waals surface area contributed by atoms with Crippen LogP contribution in [0.3, 0.4) is 0 Å². The van der Waals surface area contributed by atoms with E-state index in [1.54, 1.807) is 0 Å². The smallest absolute Gasteiger partial charge is 0.123 e. The molecule has 0 aliphatic heterocycles. The molecule has 0 amide bonds. The molecule has 0 aromatic heterocycles. The van der Waals surface area contributed by atoms with Crippen LogP contribution in [-0.4, -0.2) is 12.6 Å². The molecule has 1 aromatic rings. The molecule has 1 N–H and O–H groups in total. The van der Waals surface area contributed by atoms with Crippen LogP contribution < -0.4 is 10.1 Å². The summed E-state index contributed by atoms with van der Waals surface area (Å²) in [5.74, 6) is 1.04. The van der Waals surface area contributed by atoms with Gasteiger partial charge in [0.2, 0.25) is 0 Å². The van der Waals surface area contributed by atoms with Crippen molar-refractivity contribution in [1.29, 1.82) is 0 Å². The first-order valence-electron chi connectivity index (χ1n) is 7.59. The summed E-state index contributed by atoms with van der Waals surface area (Å²) in [5.41, 5.74) is 2.56. The molecule has 1 rings (SSSR count). The minimum absolute atomic E-state index is 0.498. The Bertz CT molecular complexity index is 360. The summed E-state index contributed by atoms with van der Waals surface area (Å²) < 4.78 is 5.93. The molecule has 0 unspecified atom stereocenters. The highest BCUT2D eigenvalue weighted by molar-refractivity contribution is 5.36. The predicted octanol–water partition coefficient (Wildman–Crippen LogP) is 4.45. The van der Waals surface area contributed by atoms with Crippen LogP contribution in [0.15, 0.2) is 18.2 Å². The van der Waals surface area contributed by atoms with Gasteiger partial charge in [0.1, 0.15) is 5.75 Å². The van der Waals surface area contributed by atoms with Gasteiger partial charge in [-0.05, 0) is 19.4 Å². The standard InChI is InChI=1S/C17H29NO/c1-5-6-7-8-11-19-17-10-9-15(4)12-16(17)13-18-14(2)3/h9-10,12,14,18H,5-8,11,13H2,1-4H3. The van der Waals surface area contributed by atoms with Gasteiger partial charge in [-0.25, -0.2) is 0 Å². The minimum Gasteiger partial charge on any atom is -0.493 e. The third-order valence-electron chi connectivity index (χ3n) is 3.17. The average molecular weight is 263 g/mol. The third-order valence-corrected chi connectivity index (χ3v) is 3.17. The average Bonchev–Trinajstić information content (AvgIpc) is 2.38. The van der Waals surface area contributed by atoms with Crippen molar-refractivity contribution in [3.8, 4) is 5.75 Å². The Morgan fingerprint density at radius 3 is 2.63 bits per heavy atom. The van der Waals surface area contributed by atoms with E-state index < -0.39 is 0 Å². The first-order valence-corrected chi connectivity index (χ1v) is 7.59. The van der Waals surface area contributed by atoms with Crippen molar-refractivity contribution < 1.29 is 4.74 Å². The van der Waals surface area contributed by atoms with E-state index in [1.165, 1.54) is 30.4 Å². The van der Waals surface area contributed by atoms with Gasteiger partial charge in [0.15, 0.2) is 0 Å². The highest BCUT2D eigenvalue weighted by Crippen LogP contribution is 2.20. The Balaban J connectivity index is 2.50. The molecule has 1 aromatic carbocycles. The number of unbranched alkanes of at least 4 members (excludes halogenated alkanes) is 3. The maximum Gasteiger partial charge on any atom is 0.123 e. The number of hydrogen-bond donors (Lipinski definition) is 1. The second-order valence-corrected chi connectivity index (χ2v) is 5.56. The monoisotopic (exact) mass is 263 g/mol. The van der Waals surface area contributed by atoms with Crippen molar-refractivity contribution in [3.05, 3.63) is 29.3 Å². The van der Waals surface area contributed by atoms with Gasteiger partial charge in [0.25, 0.3) is 0 Å². The summed E-state index contributed by atoms with van der Waals surface area (Å²) in [6.07, 6.45) is 4.99. The number of hydrogen-bond acceptors (Lipinski definition) is 2. The van der Waals surface area contributed by atoms with E-state index in [1.807, 2.05) is 0 Å². The largest absolute Gasteiger partial charge is 0.493 e. The second-order valence-electron chi connectivity index (χ2n) is 5.56. The second kappa shape index (κ2) is 8.98. The van der Waals surface area contributed by atoms with E-state index in [-0.39, 0.29) is 0 Å². The van der Waals surface area contributed by atoms with Gasteiger partial charge in [-0.2, -0.15) is 0 Å². The molecule has 2 heteroatoms. The van der Waals surface area contributed by atoms with Crippen molar-refractivity contribution in [3.63, 3.8) is 0 Å². The number of benzene rings is 1. The Kier molecular flexibility index (Phi) is 7.57. The molecule has 0 fully saturated rings. The highest BCUT2D eigenvalue weighted by Gasteiger charge is 2.05. The summed E-state index contributed by atoms with van der Waals surface area (Å²) in [7, 11) is 0. The van der Waals surface area contributed by atoms with E-state index in [0.717, 1.165) is 25.3 Å². The Hall–Kier alpha value is -1.02. The molecule has 108 valence electrons. The Morgan fingerprint density at radius 2 is 1.95 bits per heavy atom. The molecule has 0 saturated carbocycles. The van der Waals surface area contributed by atoms with Crippen LogP contribution in [0, 0.1) is 6.92 Å². The van der Waals surface area contributed by atoms with Crippen molar-refractivity contribution in [2.24, 2.45) is 0 Å². The van der Waals surface area contributed by atoms with Crippen molar-refractivity contribution in [2.45, 2.75) is 66.0 Å². The van der Waals surface area contributed by atoms with Crippen LogP contribution in [0.2, 0.25) is 0 Å². The zero-order chi connectivity index (χ0) is 14.1. The zero-order valence-corrected chi connectivity index (χ0v) is 13.0. The molecular weight excluding hydrogens is 234 g/mol. The summed E-state index contributed by atoms with van der Waals surface area (Å²) in [5, 5.41) is 3.46. The van der Waals surface area contributed by atoms with Gasteiger partial charge >= 0.3 is 0 Å². The molecule has 0 spiro atoms. The molecule has 0 saturated heterocycles. The lowest BCUT2D eigenvalue weighted by molar-refractivity contribution is 0.301. The molecular formula is C17H29NO. The van der Waals surface area contributed by atoms with Crippen LogP contribution in [0.5, 0.6) is 5.75 Å². The van der Waals surface area contributed by atoms with Gasteiger partial charge < -0.3 is 10.1 Å². The van der Waals surface area contributed by atoms with E-state index in [4.69, 9.17) is 4.74 Å². The Labute approximate surface area is 118 Å². The van der Waals surface area contributed by atoms with E-state index in [9.17, 15) is 0 Å². The number of nitrogens with one attached hydrogen (secondary N) is 1. The molecule has 0 atom stereocenters. The molecule has 0 aliphatic rings. The SMILES string of the molecule is CCCCCCOc1ccc(C)cc1CNC(C)C. The number of aryl methyl sites for hydroxylation is 1. The van der Waals surface area contributed by atoms with Crippen LogP contribution >= 0.6 is 0 Å². The van der Waals surface area contributed by atoms with E-state index in [2.05, 4.69) is 51.2 Å². The van der Waals surface area contributed by atoms with E-state index in [0.29, 0.717) is 6.04 Å². The zero-order valence-electron chi connectivity index (χ0n) is 13.0. The van der Waals surface area contributed by atoms with Crippen LogP contribution in [0.4, 0.5) is 0 Å². The predicted molar refractivity (Wildman–Crippen MR) is 82.8 cm³/mol. The van der Waals surface area contributed by atoms with Crippen LogP contribution in [-0.2, 0) is 6.54 Å². The molecule has 0 bridgehead atoms. The third kappa shape index (κ3) is 6.63. The van der Waals surface area contributed by atoms with Crippen molar-refractivity contribution >= 4 is 0 Å². The minimum atomic E-state index is 0.498. The molecule has 0 aliphatic carbocycles. The van der Waals surface area contributed by atoms with Gasteiger partial charge in [0, 0.05) is 18.2 Å². The first kappa shape index (κ1) is 16.0. The number of ether oxygens (including phenoxy) is 1. The normalized spacial score (nSPS) is 11.0. The fraction of sp³-hybridized carbons (Fsp3) is 0.647. The molecule has 19 heavy (non-hydrogen) atoms. The number of rotatable bonds is 9. The fourth-order valence-corrected chi connectivity index (χ4v) is 2.01. The fourth-order valence-electron chi connectivity index (χ4n) is 2.01. The van der Waals surface area contributed by atoms with Gasteiger partial charge in [-0.3, -0.25) is 0 Å². The maximum absolute atomic E-state index is 5.93.